The third kappa shape index (κ3) is 3.55. The van der Waals surface area contributed by atoms with E-state index in [1.54, 1.807) is 24.4 Å². The fourth-order valence-corrected chi connectivity index (χ4v) is 3.33. The lowest BCUT2D eigenvalue weighted by Crippen LogP contribution is -2.32. The van der Waals surface area contributed by atoms with Crippen molar-refractivity contribution in [2.24, 2.45) is 0 Å². The highest BCUT2D eigenvalue weighted by Gasteiger charge is 2.41. The van der Waals surface area contributed by atoms with E-state index in [0.29, 0.717) is 41.4 Å². The zero-order chi connectivity index (χ0) is 20.6. The second-order valence-electron chi connectivity index (χ2n) is 7.10. The topological polar surface area (TPSA) is 82.7 Å². The first-order chi connectivity index (χ1) is 13.8. The van der Waals surface area contributed by atoms with Crippen LogP contribution in [0.25, 0.3) is 11.4 Å². The van der Waals surface area contributed by atoms with E-state index in [0.717, 1.165) is 12.1 Å². The van der Waals surface area contributed by atoms with Gasteiger partial charge in [-0.1, -0.05) is 0 Å². The summed E-state index contributed by atoms with van der Waals surface area (Å²) in [5.41, 5.74) is 1.44. The highest BCUT2D eigenvalue weighted by atomic mass is 19.4. The molecule has 0 aliphatic carbocycles. The predicted octanol–water partition coefficient (Wildman–Crippen LogP) is 4.01. The van der Waals surface area contributed by atoms with Crippen LogP contribution in [0.15, 0.2) is 48.7 Å². The van der Waals surface area contributed by atoms with E-state index in [1.165, 1.54) is 12.1 Å². The molecule has 4 rings (SSSR count). The second kappa shape index (κ2) is 6.91. The van der Waals surface area contributed by atoms with Crippen molar-refractivity contribution in [1.29, 1.82) is 0 Å². The number of carbonyl (C=O) groups is 1. The standard InChI is InChI=1S/C20H18F3N5O/c1-19(8-10-25-18(19)29)16-11-15(27-28-16)17-14(3-2-9-24-17)26-13-6-4-12(5-7-13)20(21,22)23/h2-7,9,11,26H,8,10H2,1H3,(H,25,29)(H,27,28)/t19-/m0/s1. The minimum absolute atomic E-state index is 0.0585. The van der Waals surface area contributed by atoms with Gasteiger partial charge in [-0.3, -0.25) is 14.9 Å². The number of nitrogens with zero attached hydrogens (tertiary/aromatic N) is 2. The fourth-order valence-electron chi connectivity index (χ4n) is 3.33. The van der Waals surface area contributed by atoms with E-state index in [1.807, 2.05) is 6.92 Å². The first-order valence-electron chi connectivity index (χ1n) is 9.01. The molecule has 1 aliphatic rings. The molecule has 3 N–H and O–H groups in total. The number of halogens is 3. The summed E-state index contributed by atoms with van der Waals surface area (Å²) in [4.78, 5) is 16.5. The van der Waals surface area contributed by atoms with Crippen molar-refractivity contribution in [3.63, 3.8) is 0 Å². The number of H-pyrrole nitrogens is 1. The van der Waals surface area contributed by atoms with Gasteiger partial charge in [0.05, 0.1) is 22.4 Å². The largest absolute Gasteiger partial charge is 0.416 e. The van der Waals surface area contributed by atoms with Gasteiger partial charge in [0.15, 0.2) is 0 Å². The third-order valence-electron chi connectivity index (χ3n) is 5.13. The SMILES string of the molecule is C[C@@]1(c2cc(-c3ncccc3Nc3ccc(C(F)(F)F)cc3)n[nH]2)CCNC1=O. The van der Waals surface area contributed by atoms with E-state index < -0.39 is 17.2 Å². The van der Waals surface area contributed by atoms with Crippen molar-refractivity contribution >= 4 is 17.3 Å². The van der Waals surface area contributed by atoms with Gasteiger partial charge in [-0.2, -0.15) is 18.3 Å². The maximum absolute atomic E-state index is 12.8. The maximum Gasteiger partial charge on any atom is 0.416 e. The number of amides is 1. The summed E-state index contributed by atoms with van der Waals surface area (Å²) in [5, 5.41) is 13.1. The molecule has 9 heteroatoms. The Balaban J connectivity index is 1.62. The number of nitrogens with one attached hydrogen (secondary N) is 3. The molecule has 1 saturated heterocycles. The molecule has 0 spiro atoms. The van der Waals surface area contributed by atoms with Crippen molar-refractivity contribution in [1.82, 2.24) is 20.5 Å². The Kier molecular flexibility index (Phi) is 4.52. The van der Waals surface area contributed by atoms with E-state index in [4.69, 9.17) is 0 Å². The summed E-state index contributed by atoms with van der Waals surface area (Å²) < 4.78 is 38.3. The molecule has 6 nitrogen and oxygen atoms in total. The molecular weight excluding hydrogens is 383 g/mol. The van der Waals surface area contributed by atoms with Crippen LogP contribution in [0.4, 0.5) is 24.5 Å². The second-order valence-corrected chi connectivity index (χ2v) is 7.10. The van der Waals surface area contributed by atoms with Crippen molar-refractivity contribution < 1.29 is 18.0 Å². The first kappa shape index (κ1) is 19.0. The Morgan fingerprint density at radius 3 is 2.59 bits per heavy atom. The Morgan fingerprint density at radius 1 is 1.17 bits per heavy atom. The van der Waals surface area contributed by atoms with E-state index >= 15 is 0 Å². The fraction of sp³-hybridized carbons (Fsp3) is 0.250. The number of aromatic nitrogens is 3. The van der Waals surface area contributed by atoms with Crippen molar-refractivity contribution in [2.75, 3.05) is 11.9 Å². The summed E-state index contributed by atoms with van der Waals surface area (Å²) in [6, 6.07) is 10.0. The van der Waals surface area contributed by atoms with Crippen LogP contribution in [0, 0.1) is 0 Å². The molecule has 1 fully saturated rings. The summed E-state index contributed by atoms with van der Waals surface area (Å²) in [6.07, 6.45) is -2.12. The molecular formula is C20H18F3N5O. The van der Waals surface area contributed by atoms with E-state index in [2.05, 4.69) is 25.8 Å². The Hall–Kier alpha value is -3.36. The summed E-state index contributed by atoms with van der Waals surface area (Å²) in [5.74, 6) is -0.0585. The molecule has 0 radical (unpaired) electrons. The van der Waals surface area contributed by atoms with Gasteiger partial charge in [-0.25, -0.2) is 0 Å². The molecule has 29 heavy (non-hydrogen) atoms. The number of hydrogen-bond donors (Lipinski definition) is 3. The summed E-state index contributed by atoms with van der Waals surface area (Å²) in [7, 11) is 0. The molecule has 1 aromatic carbocycles. The van der Waals surface area contributed by atoms with Crippen molar-refractivity contribution in [3.05, 3.63) is 59.9 Å². The number of anilines is 2. The minimum Gasteiger partial charge on any atom is -0.355 e. The van der Waals surface area contributed by atoms with Gasteiger partial charge in [-0.15, -0.1) is 0 Å². The molecule has 3 aromatic rings. The number of pyridine rings is 1. The molecule has 0 bridgehead atoms. The predicted molar refractivity (Wildman–Crippen MR) is 102 cm³/mol. The van der Waals surface area contributed by atoms with E-state index in [-0.39, 0.29) is 5.91 Å². The summed E-state index contributed by atoms with van der Waals surface area (Å²) in [6.45, 7) is 2.46. The normalized spacial score (nSPS) is 19.2. The quantitative estimate of drug-likeness (QED) is 0.617. The molecule has 150 valence electrons. The van der Waals surface area contributed by atoms with Crippen LogP contribution in [0.2, 0.25) is 0 Å². The molecule has 1 aliphatic heterocycles. The van der Waals surface area contributed by atoms with Crippen LogP contribution >= 0.6 is 0 Å². The first-order valence-corrected chi connectivity index (χ1v) is 9.01. The van der Waals surface area contributed by atoms with Crippen LogP contribution < -0.4 is 10.6 Å². The van der Waals surface area contributed by atoms with Crippen LogP contribution in [0.1, 0.15) is 24.6 Å². The lowest BCUT2D eigenvalue weighted by molar-refractivity contribution is -0.137. The minimum atomic E-state index is -4.38. The van der Waals surface area contributed by atoms with Gasteiger partial charge in [0.25, 0.3) is 0 Å². The number of aromatic amines is 1. The number of alkyl halides is 3. The van der Waals surface area contributed by atoms with Crippen LogP contribution in [0.3, 0.4) is 0 Å². The lowest BCUT2D eigenvalue weighted by Gasteiger charge is -2.17. The van der Waals surface area contributed by atoms with Crippen LogP contribution in [0.5, 0.6) is 0 Å². The van der Waals surface area contributed by atoms with Gasteiger partial charge < -0.3 is 10.6 Å². The molecule has 2 aromatic heterocycles. The zero-order valence-electron chi connectivity index (χ0n) is 15.5. The van der Waals surface area contributed by atoms with Gasteiger partial charge in [0.1, 0.15) is 11.4 Å². The molecule has 3 heterocycles. The molecule has 0 saturated carbocycles. The van der Waals surface area contributed by atoms with Gasteiger partial charge >= 0.3 is 6.18 Å². The molecule has 0 unspecified atom stereocenters. The Morgan fingerprint density at radius 2 is 1.93 bits per heavy atom. The Labute approximate surface area is 164 Å². The van der Waals surface area contributed by atoms with Crippen LogP contribution in [-0.4, -0.2) is 27.6 Å². The number of carbonyl (C=O) groups excluding carboxylic acids is 1. The highest BCUT2D eigenvalue weighted by molar-refractivity contribution is 5.89. The zero-order valence-corrected chi connectivity index (χ0v) is 15.5. The van der Waals surface area contributed by atoms with Gasteiger partial charge in [0, 0.05) is 18.4 Å². The van der Waals surface area contributed by atoms with E-state index in [9.17, 15) is 18.0 Å². The highest BCUT2D eigenvalue weighted by Crippen LogP contribution is 2.34. The number of rotatable bonds is 4. The average Bonchev–Trinajstić information content (AvgIpc) is 3.30. The van der Waals surface area contributed by atoms with Gasteiger partial charge in [0.2, 0.25) is 5.91 Å². The average molecular weight is 401 g/mol. The van der Waals surface area contributed by atoms with Gasteiger partial charge in [-0.05, 0) is 55.8 Å². The molecule has 1 atom stereocenters. The monoisotopic (exact) mass is 401 g/mol. The lowest BCUT2D eigenvalue weighted by atomic mass is 9.85. The van der Waals surface area contributed by atoms with Crippen LogP contribution in [-0.2, 0) is 16.4 Å². The number of benzene rings is 1. The Bertz CT molecular complexity index is 1040. The summed E-state index contributed by atoms with van der Waals surface area (Å²) >= 11 is 0. The smallest absolute Gasteiger partial charge is 0.355 e. The molecule has 1 amide bonds. The van der Waals surface area contributed by atoms with Crippen molar-refractivity contribution in [2.45, 2.75) is 24.9 Å². The number of hydrogen-bond acceptors (Lipinski definition) is 4. The van der Waals surface area contributed by atoms with Crippen molar-refractivity contribution in [3.8, 4) is 11.4 Å². The third-order valence-corrected chi connectivity index (χ3v) is 5.13. The maximum atomic E-state index is 12.8.